The molecule has 0 saturated carbocycles. The van der Waals surface area contributed by atoms with Crippen LogP contribution in [-0.4, -0.2) is 18.2 Å². The summed E-state index contributed by atoms with van der Waals surface area (Å²) in [5, 5.41) is 2.85. The van der Waals surface area contributed by atoms with E-state index >= 15 is 0 Å². The maximum atomic E-state index is 12.0. The van der Waals surface area contributed by atoms with Crippen LogP contribution in [0.25, 0.3) is 11.3 Å². The van der Waals surface area contributed by atoms with E-state index in [0.29, 0.717) is 17.6 Å². The summed E-state index contributed by atoms with van der Waals surface area (Å²) in [5.41, 5.74) is 2.37. The van der Waals surface area contributed by atoms with Crippen LogP contribution in [0.4, 0.5) is 0 Å². The Kier molecular flexibility index (Phi) is 4.03. The molecular formula is C16H17NO3. The molecule has 1 amide bonds. The van der Waals surface area contributed by atoms with Gasteiger partial charge in [-0.1, -0.05) is 6.07 Å². The number of aldehydes is 1. The van der Waals surface area contributed by atoms with Gasteiger partial charge in [0.25, 0.3) is 5.91 Å². The van der Waals surface area contributed by atoms with Crippen molar-refractivity contribution in [2.24, 2.45) is 0 Å². The van der Waals surface area contributed by atoms with E-state index in [9.17, 15) is 9.59 Å². The van der Waals surface area contributed by atoms with Crippen LogP contribution in [-0.2, 0) is 0 Å². The third-order valence-electron chi connectivity index (χ3n) is 2.93. The first kappa shape index (κ1) is 14.1. The lowest BCUT2D eigenvalue weighted by Crippen LogP contribution is -2.30. The number of hydrogen-bond donors (Lipinski definition) is 1. The van der Waals surface area contributed by atoms with Crippen molar-refractivity contribution in [2.45, 2.75) is 26.8 Å². The lowest BCUT2D eigenvalue weighted by molar-refractivity contribution is 0.0942. The summed E-state index contributed by atoms with van der Waals surface area (Å²) in [4.78, 5) is 22.7. The molecule has 1 aromatic heterocycles. The largest absolute Gasteiger partial charge is 0.453 e. The van der Waals surface area contributed by atoms with E-state index in [1.54, 1.807) is 24.3 Å². The first-order valence-corrected chi connectivity index (χ1v) is 6.48. The van der Waals surface area contributed by atoms with E-state index in [1.165, 1.54) is 0 Å². The van der Waals surface area contributed by atoms with E-state index in [1.807, 2.05) is 26.8 Å². The smallest absolute Gasteiger partial charge is 0.251 e. The minimum Gasteiger partial charge on any atom is -0.453 e. The first-order chi connectivity index (χ1) is 9.51. The van der Waals surface area contributed by atoms with Crippen molar-refractivity contribution in [3.63, 3.8) is 0 Å². The van der Waals surface area contributed by atoms with Crippen LogP contribution < -0.4 is 5.32 Å². The van der Waals surface area contributed by atoms with Gasteiger partial charge in [0.15, 0.2) is 12.0 Å². The van der Waals surface area contributed by atoms with Crippen molar-refractivity contribution in [3.8, 4) is 11.3 Å². The molecule has 104 valence electrons. The molecule has 4 nitrogen and oxygen atoms in total. The normalized spacial score (nSPS) is 10.6. The number of benzene rings is 1. The number of hydrogen-bond acceptors (Lipinski definition) is 3. The molecule has 0 bridgehead atoms. The molecule has 0 saturated heterocycles. The van der Waals surface area contributed by atoms with Crippen molar-refractivity contribution >= 4 is 12.2 Å². The minimum absolute atomic E-state index is 0.0810. The molecular weight excluding hydrogens is 254 g/mol. The third kappa shape index (κ3) is 2.96. The predicted molar refractivity (Wildman–Crippen MR) is 76.9 cm³/mol. The fourth-order valence-electron chi connectivity index (χ4n) is 1.94. The Morgan fingerprint density at radius 3 is 2.60 bits per heavy atom. The summed E-state index contributed by atoms with van der Waals surface area (Å²) in [7, 11) is 0. The number of carbonyl (C=O) groups is 2. The monoisotopic (exact) mass is 271 g/mol. The number of rotatable bonds is 4. The van der Waals surface area contributed by atoms with Gasteiger partial charge in [0.2, 0.25) is 0 Å². The van der Waals surface area contributed by atoms with E-state index in [0.717, 1.165) is 11.1 Å². The molecule has 1 heterocycles. The Hall–Kier alpha value is -2.36. The molecule has 0 radical (unpaired) electrons. The molecule has 0 fully saturated rings. The van der Waals surface area contributed by atoms with Gasteiger partial charge in [-0.25, -0.2) is 0 Å². The van der Waals surface area contributed by atoms with Crippen LogP contribution in [0.1, 0.15) is 40.3 Å². The highest BCUT2D eigenvalue weighted by Gasteiger charge is 2.12. The molecule has 0 aliphatic heterocycles. The maximum absolute atomic E-state index is 12.0. The molecule has 0 atom stereocenters. The SMILES string of the molecule is Cc1ccc(C(=O)NC(C)C)cc1-c1ccc(C=O)o1. The highest BCUT2D eigenvalue weighted by Crippen LogP contribution is 2.26. The fourth-order valence-corrected chi connectivity index (χ4v) is 1.94. The number of carbonyl (C=O) groups excluding carboxylic acids is 2. The maximum Gasteiger partial charge on any atom is 0.251 e. The summed E-state index contributed by atoms with van der Waals surface area (Å²) in [6.07, 6.45) is 0.661. The quantitative estimate of drug-likeness (QED) is 0.869. The number of amides is 1. The van der Waals surface area contributed by atoms with Gasteiger partial charge in [0, 0.05) is 17.2 Å². The van der Waals surface area contributed by atoms with E-state index in [2.05, 4.69) is 5.32 Å². The highest BCUT2D eigenvalue weighted by molar-refractivity contribution is 5.95. The highest BCUT2D eigenvalue weighted by atomic mass is 16.3. The average molecular weight is 271 g/mol. The summed E-state index contributed by atoms with van der Waals surface area (Å²) in [5.74, 6) is 0.739. The second kappa shape index (κ2) is 5.74. The summed E-state index contributed by atoms with van der Waals surface area (Å²) in [6, 6.07) is 8.85. The molecule has 1 N–H and O–H groups in total. The molecule has 0 unspecified atom stereocenters. The molecule has 0 aliphatic carbocycles. The summed E-state index contributed by atoms with van der Waals surface area (Å²) >= 11 is 0. The van der Waals surface area contributed by atoms with E-state index < -0.39 is 0 Å². The van der Waals surface area contributed by atoms with Gasteiger partial charge in [-0.05, 0) is 50.6 Å². The first-order valence-electron chi connectivity index (χ1n) is 6.48. The molecule has 2 aromatic rings. The lowest BCUT2D eigenvalue weighted by atomic mass is 10.0. The molecule has 0 spiro atoms. The van der Waals surface area contributed by atoms with Gasteiger partial charge in [-0.3, -0.25) is 9.59 Å². The zero-order valence-corrected chi connectivity index (χ0v) is 11.8. The average Bonchev–Trinajstić information content (AvgIpc) is 2.87. The minimum atomic E-state index is -0.122. The van der Waals surface area contributed by atoms with Crippen LogP contribution in [0.2, 0.25) is 0 Å². The second-order valence-electron chi connectivity index (χ2n) is 4.98. The number of nitrogens with one attached hydrogen (secondary N) is 1. The Labute approximate surface area is 117 Å². The van der Waals surface area contributed by atoms with Crippen molar-refractivity contribution in [1.29, 1.82) is 0 Å². The predicted octanol–water partition coefficient (Wildman–Crippen LogP) is 3.21. The zero-order chi connectivity index (χ0) is 14.7. The van der Waals surface area contributed by atoms with Crippen molar-refractivity contribution in [2.75, 3.05) is 0 Å². The van der Waals surface area contributed by atoms with Gasteiger partial charge in [0.05, 0.1) is 0 Å². The fraction of sp³-hybridized carbons (Fsp3) is 0.250. The van der Waals surface area contributed by atoms with E-state index in [-0.39, 0.29) is 17.7 Å². The molecule has 2 rings (SSSR count). The Morgan fingerprint density at radius 1 is 1.25 bits per heavy atom. The van der Waals surface area contributed by atoms with Crippen molar-refractivity contribution in [1.82, 2.24) is 5.32 Å². The summed E-state index contributed by atoms with van der Waals surface area (Å²) in [6.45, 7) is 5.76. The molecule has 0 aliphatic rings. The Balaban J connectivity index is 2.38. The lowest BCUT2D eigenvalue weighted by Gasteiger charge is -2.10. The number of aryl methyl sites for hydroxylation is 1. The molecule has 20 heavy (non-hydrogen) atoms. The third-order valence-corrected chi connectivity index (χ3v) is 2.93. The standard InChI is InChI=1S/C16H17NO3/c1-10(2)17-16(19)12-5-4-11(3)14(8-12)15-7-6-13(9-18)20-15/h4-10H,1-3H3,(H,17,19). The topological polar surface area (TPSA) is 59.3 Å². The van der Waals surface area contributed by atoms with Gasteiger partial charge < -0.3 is 9.73 Å². The van der Waals surface area contributed by atoms with Gasteiger partial charge in [0.1, 0.15) is 5.76 Å². The van der Waals surface area contributed by atoms with Gasteiger partial charge in [-0.2, -0.15) is 0 Å². The Morgan fingerprint density at radius 2 is 2.00 bits per heavy atom. The molecule has 4 heteroatoms. The van der Waals surface area contributed by atoms with Crippen LogP contribution in [0, 0.1) is 6.92 Å². The van der Waals surface area contributed by atoms with Crippen LogP contribution in [0.3, 0.4) is 0 Å². The number of furan rings is 1. The van der Waals surface area contributed by atoms with E-state index in [4.69, 9.17) is 4.42 Å². The van der Waals surface area contributed by atoms with Crippen LogP contribution in [0.5, 0.6) is 0 Å². The Bertz CT molecular complexity index is 641. The van der Waals surface area contributed by atoms with Crippen molar-refractivity contribution in [3.05, 3.63) is 47.2 Å². The van der Waals surface area contributed by atoms with Gasteiger partial charge >= 0.3 is 0 Å². The van der Waals surface area contributed by atoms with Crippen LogP contribution >= 0.6 is 0 Å². The zero-order valence-electron chi connectivity index (χ0n) is 11.8. The second-order valence-corrected chi connectivity index (χ2v) is 4.98. The molecule has 1 aromatic carbocycles. The van der Waals surface area contributed by atoms with Crippen molar-refractivity contribution < 1.29 is 14.0 Å². The van der Waals surface area contributed by atoms with Gasteiger partial charge in [-0.15, -0.1) is 0 Å². The van der Waals surface area contributed by atoms with Crippen LogP contribution in [0.15, 0.2) is 34.7 Å². The summed E-state index contributed by atoms with van der Waals surface area (Å²) < 4.78 is 5.42.